The second-order valence-electron chi connectivity index (χ2n) is 17.9. The molecule has 2 aliphatic rings. The number of nitrogens with zero attached hydrogens (tertiary/aromatic N) is 2. The van der Waals surface area contributed by atoms with Crippen molar-refractivity contribution < 1.29 is 0 Å². The molecule has 0 spiro atoms. The molecular formula is C66H48N2. The second kappa shape index (κ2) is 17.0. The number of allylic oxidation sites excluding steroid dienone is 5. The van der Waals surface area contributed by atoms with E-state index in [1.165, 1.54) is 61.0 Å². The summed E-state index contributed by atoms with van der Waals surface area (Å²) >= 11 is 0. The van der Waals surface area contributed by atoms with Crippen molar-refractivity contribution >= 4 is 50.3 Å². The third-order valence-electron chi connectivity index (χ3n) is 14.2. The lowest BCUT2D eigenvalue weighted by Crippen LogP contribution is -2.30. The van der Waals surface area contributed by atoms with Crippen molar-refractivity contribution in [2.24, 2.45) is 0 Å². The molecule has 0 bridgehead atoms. The van der Waals surface area contributed by atoms with E-state index >= 15 is 0 Å². The van der Waals surface area contributed by atoms with Crippen molar-refractivity contribution in [2.45, 2.75) is 25.2 Å². The predicted molar refractivity (Wildman–Crippen MR) is 286 cm³/mol. The zero-order valence-corrected chi connectivity index (χ0v) is 38.0. The lowest BCUT2D eigenvalue weighted by atomic mass is 9.66. The van der Waals surface area contributed by atoms with Crippen LogP contribution in [0.15, 0.2) is 248 Å². The molecule has 2 heteroatoms. The van der Waals surface area contributed by atoms with Gasteiger partial charge in [0.15, 0.2) is 0 Å². The van der Waals surface area contributed by atoms with Crippen molar-refractivity contribution in [1.29, 1.82) is 0 Å². The van der Waals surface area contributed by atoms with Gasteiger partial charge in [-0.15, -0.1) is 6.42 Å². The quantitative estimate of drug-likeness (QED) is 0.131. The number of fused-ring (bicyclic) bond motifs is 4. The molecule has 0 N–H and O–H groups in total. The van der Waals surface area contributed by atoms with Crippen LogP contribution in [0.25, 0.3) is 55.7 Å². The smallest absolute Gasteiger partial charge is 0.0710 e. The van der Waals surface area contributed by atoms with E-state index in [4.69, 9.17) is 6.42 Å². The van der Waals surface area contributed by atoms with E-state index in [0.717, 1.165) is 63.2 Å². The van der Waals surface area contributed by atoms with E-state index in [2.05, 4.69) is 265 Å². The molecule has 0 atom stereocenters. The maximum Gasteiger partial charge on any atom is 0.0710 e. The Morgan fingerprint density at radius 2 is 1.21 bits per heavy atom. The van der Waals surface area contributed by atoms with Gasteiger partial charge in [0.05, 0.1) is 27.9 Å². The molecule has 12 rings (SSSR count). The highest BCUT2D eigenvalue weighted by molar-refractivity contribution is 5.98. The minimum absolute atomic E-state index is 0.500. The van der Waals surface area contributed by atoms with E-state index < -0.39 is 5.41 Å². The zero-order valence-electron chi connectivity index (χ0n) is 38.0. The van der Waals surface area contributed by atoms with Crippen LogP contribution in [-0.4, -0.2) is 4.57 Å². The summed E-state index contributed by atoms with van der Waals surface area (Å²) in [6.45, 7) is 2.23. The van der Waals surface area contributed by atoms with E-state index in [0.29, 0.717) is 0 Å². The molecule has 68 heavy (non-hydrogen) atoms. The molecule has 0 saturated heterocycles. The Kier molecular flexibility index (Phi) is 10.2. The van der Waals surface area contributed by atoms with Crippen molar-refractivity contribution in [2.75, 3.05) is 4.90 Å². The summed E-state index contributed by atoms with van der Waals surface area (Å²) < 4.78 is 2.34. The van der Waals surface area contributed by atoms with Gasteiger partial charge in [0.25, 0.3) is 0 Å². The van der Waals surface area contributed by atoms with Gasteiger partial charge < -0.3 is 9.47 Å². The van der Waals surface area contributed by atoms with Crippen LogP contribution in [0.3, 0.4) is 0 Å². The molecule has 1 aromatic heterocycles. The maximum absolute atomic E-state index is 6.49. The van der Waals surface area contributed by atoms with E-state index in [9.17, 15) is 0 Å². The van der Waals surface area contributed by atoms with Crippen LogP contribution in [0, 0.1) is 12.3 Å². The first-order valence-corrected chi connectivity index (χ1v) is 23.6. The van der Waals surface area contributed by atoms with Crippen LogP contribution in [0.1, 0.15) is 58.8 Å². The third-order valence-corrected chi connectivity index (χ3v) is 14.2. The van der Waals surface area contributed by atoms with Crippen LogP contribution in [-0.2, 0) is 5.41 Å². The monoisotopic (exact) mass is 868 g/mol. The number of hydrogen-bond acceptors (Lipinski definition) is 1. The Morgan fingerprint density at radius 1 is 0.588 bits per heavy atom. The number of hydrogen-bond donors (Lipinski definition) is 0. The van der Waals surface area contributed by atoms with Crippen molar-refractivity contribution in [3.8, 4) is 29.2 Å². The molecule has 0 aliphatic heterocycles. The van der Waals surface area contributed by atoms with Crippen LogP contribution in [0.2, 0.25) is 0 Å². The summed E-state index contributed by atoms with van der Waals surface area (Å²) in [6.07, 6.45) is 13.1. The molecule has 2 aliphatic carbocycles. The minimum atomic E-state index is -0.500. The fourth-order valence-corrected chi connectivity index (χ4v) is 11.2. The number of anilines is 2. The van der Waals surface area contributed by atoms with Gasteiger partial charge in [0, 0.05) is 28.0 Å². The van der Waals surface area contributed by atoms with Crippen LogP contribution in [0.5, 0.6) is 0 Å². The first-order chi connectivity index (χ1) is 33.6. The standard InChI is InChI=1S/C66H48N2/c1-3-56-60-31-17-20-34-64(60)68(54-40-37-48-23-13-14-24-50(48)44-54)65(56)43-46(2)57-29-16-19-33-63(57)67(53-38-35-49(36-39-53)47-21-7-4-8-22-47)55-41-42-59-58-30-15-18-32-61(58)66(62(59)45-55,51-25-9-5-10-26-51)52-27-11-6-12-28-52/h1,4-40,43-45H,41-42H2,2H3/b46-43+. The summed E-state index contributed by atoms with van der Waals surface area (Å²) in [5.41, 5.74) is 19.6. The van der Waals surface area contributed by atoms with Gasteiger partial charge >= 0.3 is 0 Å². The topological polar surface area (TPSA) is 8.17 Å². The van der Waals surface area contributed by atoms with Gasteiger partial charge in [-0.05, 0) is 129 Å². The molecule has 0 fully saturated rings. The van der Waals surface area contributed by atoms with Crippen LogP contribution in [0.4, 0.5) is 11.4 Å². The fraction of sp³-hybridized carbons (Fsp3) is 0.0606. The second-order valence-corrected chi connectivity index (χ2v) is 17.9. The summed E-state index contributed by atoms with van der Waals surface area (Å²) in [5.74, 6) is 3.13. The lowest BCUT2D eigenvalue weighted by molar-refractivity contribution is 0.750. The Balaban J connectivity index is 1.07. The number of benzene rings is 9. The Labute approximate surface area is 399 Å². The van der Waals surface area contributed by atoms with Gasteiger partial charge in [0.2, 0.25) is 0 Å². The SMILES string of the molecule is C#Cc1c(/C=C(\C)c2ccccc2N(C2=CC3=C(CC2)c2ccccc2C3(c2ccccc2)c2ccccc2)c2ccc(-c3ccccc3)cc2)n(-c2ccc3ccccc3c2)c2ccccc12. The van der Waals surface area contributed by atoms with Gasteiger partial charge in [-0.3, -0.25) is 0 Å². The summed E-state index contributed by atoms with van der Waals surface area (Å²) in [6, 6.07) is 83.7. The van der Waals surface area contributed by atoms with Crippen LogP contribution >= 0.6 is 0 Å². The van der Waals surface area contributed by atoms with Crippen molar-refractivity contribution in [3.63, 3.8) is 0 Å². The molecule has 322 valence electrons. The van der Waals surface area contributed by atoms with Gasteiger partial charge in [-0.2, -0.15) is 0 Å². The summed E-state index contributed by atoms with van der Waals surface area (Å²) in [7, 11) is 0. The molecular weight excluding hydrogens is 821 g/mol. The number of aromatic nitrogens is 1. The summed E-state index contributed by atoms with van der Waals surface area (Å²) in [4.78, 5) is 2.52. The van der Waals surface area contributed by atoms with Crippen molar-refractivity contribution in [1.82, 2.24) is 4.57 Å². The van der Waals surface area contributed by atoms with E-state index in [1.807, 2.05) is 0 Å². The van der Waals surface area contributed by atoms with E-state index in [1.54, 1.807) is 0 Å². The Hall–Kier alpha value is -8.64. The largest absolute Gasteiger partial charge is 0.314 e. The molecule has 9 aromatic carbocycles. The Morgan fingerprint density at radius 3 is 1.96 bits per heavy atom. The number of para-hydroxylation sites is 2. The highest BCUT2D eigenvalue weighted by atomic mass is 15.2. The predicted octanol–water partition coefficient (Wildman–Crippen LogP) is 16.6. The fourth-order valence-electron chi connectivity index (χ4n) is 11.2. The summed E-state index contributed by atoms with van der Waals surface area (Å²) in [5, 5.41) is 3.45. The molecule has 2 nitrogen and oxygen atoms in total. The van der Waals surface area contributed by atoms with Crippen LogP contribution < -0.4 is 4.90 Å². The Bertz CT molecular complexity index is 3630. The third kappa shape index (κ3) is 6.66. The normalized spacial score (nSPS) is 14.1. The molecule has 0 unspecified atom stereocenters. The van der Waals surface area contributed by atoms with Gasteiger partial charge in [0.1, 0.15) is 0 Å². The lowest BCUT2D eigenvalue weighted by Gasteiger charge is -2.38. The molecule has 0 saturated carbocycles. The molecule has 1 heterocycles. The molecule has 0 amide bonds. The average Bonchev–Trinajstić information content (AvgIpc) is 3.89. The van der Waals surface area contributed by atoms with E-state index in [-0.39, 0.29) is 0 Å². The van der Waals surface area contributed by atoms with Gasteiger partial charge in [-0.1, -0.05) is 200 Å². The highest BCUT2D eigenvalue weighted by Gasteiger charge is 2.48. The van der Waals surface area contributed by atoms with Gasteiger partial charge in [-0.25, -0.2) is 0 Å². The minimum Gasteiger partial charge on any atom is -0.314 e. The molecule has 10 aromatic rings. The first-order valence-electron chi connectivity index (χ1n) is 23.6. The number of terminal acetylenes is 1. The highest BCUT2D eigenvalue weighted by Crippen LogP contribution is 2.58. The van der Waals surface area contributed by atoms with Crippen molar-refractivity contribution in [3.05, 3.63) is 287 Å². The zero-order chi connectivity index (χ0) is 45.6. The average molecular weight is 869 g/mol. The first kappa shape index (κ1) is 40.8. The molecule has 0 radical (unpaired) electrons. The maximum atomic E-state index is 6.49. The number of rotatable bonds is 9.